The van der Waals surface area contributed by atoms with Gasteiger partial charge in [0.25, 0.3) is 0 Å². The van der Waals surface area contributed by atoms with Gasteiger partial charge in [-0.1, -0.05) is 30.3 Å². The number of aliphatic carboxylic acids is 1. The van der Waals surface area contributed by atoms with Gasteiger partial charge in [0.2, 0.25) is 0 Å². The van der Waals surface area contributed by atoms with E-state index in [2.05, 4.69) is 34.9 Å². The summed E-state index contributed by atoms with van der Waals surface area (Å²) < 4.78 is 0. The Morgan fingerprint density at radius 2 is 1.76 bits per heavy atom. The highest BCUT2D eigenvalue weighted by molar-refractivity contribution is 5.75. The van der Waals surface area contributed by atoms with Crippen molar-refractivity contribution in [2.24, 2.45) is 0 Å². The minimum absolute atomic E-state index is 0.0475. The van der Waals surface area contributed by atoms with Gasteiger partial charge in [-0.3, -0.25) is 4.79 Å². The molecule has 0 aromatic heterocycles. The minimum atomic E-state index is -0.904. The highest BCUT2D eigenvalue weighted by Gasteiger charge is 2.23. The highest BCUT2D eigenvalue weighted by atomic mass is 16.4. The lowest BCUT2D eigenvalue weighted by Crippen LogP contribution is -2.44. The molecule has 0 radical (unpaired) electrons. The van der Waals surface area contributed by atoms with Crippen molar-refractivity contribution in [3.05, 3.63) is 35.9 Å². The van der Waals surface area contributed by atoms with Gasteiger partial charge in [-0.05, 0) is 37.2 Å². The maximum atomic E-state index is 11.6. The van der Waals surface area contributed by atoms with E-state index in [-0.39, 0.29) is 25.0 Å². The molecule has 3 N–H and O–H groups in total. The molecule has 21 heavy (non-hydrogen) atoms. The molecular formula is C16H22N2O3. The summed E-state index contributed by atoms with van der Waals surface area (Å²) >= 11 is 0. The Morgan fingerprint density at radius 1 is 1.10 bits per heavy atom. The van der Waals surface area contributed by atoms with E-state index in [4.69, 9.17) is 5.11 Å². The van der Waals surface area contributed by atoms with Crippen LogP contribution in [0.5, 0.6) is 0 Å². The van der Waals surface area contributed by atoms with Crippen LogP contribution in [0, 0.1) is 0 Å². The van der Waals surface area contributed by atoms with E-state index in [1.165, 1.54) is 5.56 Å². The first-order chi connectivity index (χ1) is 10.1. The van der Waals surface area contributed by atoms with Crippen LogP contribution in [0.4, 0.5) is 4.79 Å². The molecule has 1 aliphatic carbocycles. The van der Waals surface area contributed by atoms with E-state index in [0.29, 0.717) is 5.92 Å². The lowest BCUT2D eigenvalue weighted by Gasteiger charge is -2.29. The zero-order valence-corrected chi connectivity index (χ0v) is 12.0. The van der Waals surface area contributed by atoms with Gasteiger partial charge in [-0.2, -0.15) is 0 Å². The normalized spacial score (nSPS) is 21.5. The predicted octanol–water partition coefficient (Wildman–Crippen LogP) is 2.49. The number of amides is 2. The molecule has 0 spiro atoms. The van der Waals surface area contributed by atoms with Crippen molar-refractivity contribution < 1.29 is 14.7 Å². The molecule has 1 aromatic carbocycles. The summed E-state index contributed by atoms with van der Waals surface area (Å²) in [6.45, 7) is 0.167. The van der Waals surface area contributed by atoms with E-state index in [9.17, 15) is 9.59 Å². The summed E-state index contributed by atoms with van der Waals surface area (Å²) in [5.41, 5.74) is 1.38. The standard InChI is InChI=1S/C16H22N2O3/c19-15(20)10-11-17-16(21)18-14-8-6-13(7-9-14)12-4-2-1-3-5-12/h1-5,13-14H,6-11H2,(H,19,20)(H2,17,18,21). The van der Waals surface area contributed by atoms with Gasteiger partial charge in [0.15, 0.2) is 0 Å². The first-order valence-corrected chi connectivity index (χ1v) is 7.46. The van der Waals surface area contributed by atoms with Crippen LogP contribution in [0.2, 0.25) is 0 Å². The zero-order chi connectivity index (χ0) is 15.1. The molecule has 0 atom stereocenters. The van der Waals surface area contributed by atoms with Gasteiger partial charge in [0.05, 0.1) is 6.42 Å². The molecule has 0 aliphatic heterocycles. The molecule has 1 fully saturated rings. The topological polar surface area (TPSA) is 78.4 Å². The van der Waals surface area contributed by atoms with Crippen molar-refractivity contribution in [2.45, 2.75) is 44.1 Å². The van der Waals surface area contributed by atoms with Crippen molar-refractivity contribution in [2.75, 3.05) is 6.54 Å². The van der Waals surface area contributed by atoms with E-state index in [0.717, 1.165) is 25.7 Å². The largest absolute Gasteiger partial charge is 0.481 e. The lowest BCUT2D eigenvalue weighted by atomic mass is 9.82. The molecule has 2 rings (SSSR count). The van der Waals surface area contributed by atoms with Gasteiger partial charge in [-0.25, -0.2) is 4.79 Å². The fraction of sp³-hybridized carbons (Fsp3) is 0.500. The second-order valence-electron chi connectivity index (χ2n) is 5.50. The molecule has 114 valence electrons. The minimum Gasteiger partial charge on any atom is -0.481 e. The van der Waals surface area contributed by atoms with Crippen molar-refractivity contribution in [3.63, 3.8) is 0 Å². The molecule has 0 unspecified atom stereocenters. The summed E-state index contributed by atoms with van der Waals surface area (Å²) in [4.78, 5) is 22.0. The monoisotopic (exact) mass is 290 g/mol. The van der Waals surface area contributed by atoms with E-state index < -0.39 is 5.97 Å². The average molecular weight is 290 g/mol. The smallest absolute Gasteiger partial charge is 0.315 e. The number of benzene rings is 1. The highest BCUT2D eigenvalue weighted by Crippen LogP contribution is 2.32. The van der Waals surface area contributed by atoms with Gasteiger partial charge in [-0.15, -0.1) is 0 Å². The zero-order valence-electron chi connectivity index (χ0n) is 12.0. The van der Waals surface area contributed by atoms with Crippen molar-refractivity contribution >= 4 is 12.0 Å². The molecule has 2 amide bonds. The molecule has 1 aromatic rings. The third kappa shape index (κ3) is 5.10. The van der Waals surface area contributed by atoms with Crippen LogP contribution in [0.15, 0.2) is 30.3 Å². The van der Waals surface area contributed by atoms with E-state index in [1.807, 2.05) is 6.07 Å². The first kappa shape index (κ1) is 15.4. The van der Waals surface area contributed by atoms with Crippen LogP contribution in [0.25, 0.3) is 0 Å². The fourth-order valence-corrected chi connectivity index (χ4v) is 2.82. The summed E-state index contributed by atoms with van der Waals surface area (Å²) in [5.74, 6) is -0.321. The summed E-state index contributed by atoms with van der Waals surface area (Å²) in [7, 11) is 0. The molecular weight excluding hydrogens is 268 g/mol. The van der Waals surface area contributed by atoms with Gasteiger partial charge < -0.3 is 15.7 Å². The van der Waals surface area contributed by atoms with Crippen LogP contribution in [-0.2, 0) is 4.79 Å². The molecule has 1 saturated carbocycles. The van der Waals surface area contributed by atoms with Crippen molar-refractivity contribution in [3.8, 4) is 0 Å². The first-order valence-electron chi connectivity index (χ1n) is 7.46. The van der Waals surface area contributed by atoms with Gasteiger partial charge in [0, 0.05) is 12.6 Å². The molecule has 5 heteroatoms. The van der Waals surface area contributed by atoms with Crippen molar-refractivity contribution in [1.82, 2.24) is 10.6 Å². The van der Waals surface area contributed by atoms with E-state index in [1.54, 1.807) is 0 Å². The molecule has 1 aliphatic rings. The van der Waals surface area contributed by atoms with Crippen LogP contribution in [0.1, 0.15) is 43.6 Å². The average Bonchev–Trinajstić information content (AvgIpc) is 2.48. The Hall–Kier alpha value is -2.04. The summed E-state index contributed by atoms with van der Waals surface area (Å²) in [6, 6.07) is 10.4. The number of hydrogen-bond donors (Lipinski definition) is 3. The molecule has 0 heterocycles. The second kappa shape index (κ2) is 7.67. The Morgan fingerprint density at radius 3 is 2.38 bits per heavy atom. The van der Waals surface area contributed by atoms with Crippen LogP contribution in [0.3, 0.4) is 0 Å². The lowest BCUT2D eigenvalue weighted by molar-refractivity contribution is -0.136. The number of urea groups is 1. The van der Waals surface area contributed by atoms with Gasteiger partial charge in [0.1, 0.15) is 0 Å². The summed E-state index contributed by atoms with van der Waals surface area (Å²) in [5, 5.41) is 14.0. The third-order valence-electron chi connectivity index (χ3n) is 3.96. The van der Waals surface area contributed by atoms with Crippen molar-refractivity contribution in [1.29, 1.82) is 0 Å². The van der Waals surface area contributed by atoms with Gasteiger partial charge >= 0.3 is 12.0 Å². The fourth-order valence-electron chi connectivity index (χ4n) is 2.82. The van der Waals surface area contributed by atoms with Crippen LogP contribution >= 0.6 is 0 Å². The Labute approximate surface area is 124 Å². The number of rotatable bonds is 5. The number of nitrogens with one attached hydrogen (secondary N) is 2. The Kier molecular flexibility index (Phi) is 5.60. The maximum absolute atomic E-state index is 11.6. The number of carbonyl (C=O) groups excluding carboxylic acids is 1. The molecule has 0 bridgehead atoms. The number of carboxylic acid groups (broad SMARTS) is 1. The van der Waals surface area contributed by atoms with Crippen LogP contribution in [-0.4, -0.2) is 29.7 Å². The third-order valence-corrected chi connectivity index (χ3v) is 3.96. The number of carboxylic acids is 1. The Bertz CT molecular complexity index is 468. The molecule has 5 nitrogen and oxygen atoms in total. The van der Waals surface area contributed by atoms with E-state index >= 15 is 0 Å². The summed E-state index contributed by atoms with van der Waals surface area (Å²) in [6.07, 6.45) is 4.03. The quantitative estimate of drug-likeness (QED) is 0.779. The predicted molar refractivity (Wildman–Crippen MR) is 80.2 cm³/mol. The van der Waals surface area contributed by atoms with Crippen LogP contribution < -0.4 is 10.6 Å². The Balaban J connectivity index is 1.69. The second-order valence-corrected chi connectivity index (χ2v) is 5.50. The maximum Gasteiger partial charge on any atom is 0.315 e. The SMILES string of the molecule is O=C(O)CCNC(=O)NC1CCC(c2ccccc2)CC1. The number of carbonyl (C=O) groups is 2. The molecule has 0 saturated heterocycles. The number of hydrogen-bond acceptors (Lipinski definition) is 2.